The van der Waals surface area contributed by atoms with Gasteiger partial charge in [0, 0.05) is 25.6 Å². The topological polar surface area (TPSA) is 67.3 Å². The van der Waals surface area contributed by atoms with Crippen molar-refractivity contribution in [3.63, 3.8) is 0 Å². The lowest BCUT2D eigenvalue weighted by Crippen LogP contribution is -2.43. The minimum absolute atomic E-state index is 0.0127. The van der Waals surface area contributed by atoms with Crippen molar-refractivity contribution in [2.24, 2.45) is 0 Å². The second-order valence-electron chi connectivity index (χ2n) is 4.63. The van der Waals surface area contributed by atoms with Crippen LogP contribution in [0.5, 0.6) is 0 Å². The molecule has 0 bridgehead atoms. The molecule has 0 spiro atoms. The van der Waals surface area contributed by atoms with Crippen molar-refractivity contribution in [3.8, 4) is 0 Å². The number of nitrogens with one attached hydrogen (secondary N) is 1. The first-order valence-corrected chi connectivity index (χ1v) is 6.28. The van der Waals surface area contributed by atoms with Gasteiger partial charge >= 0.3 is 6.18 Å². The van der Waals surface area contributed by atoms with Crippen LogP contribution < -0.4 is 5.32 Å². The number of hydrogen-bond acceptors (Lipinski definition) is 5. The third kappa shape index (κ3) is 3.31. The summed E-state index contributed by atoms with van der Waals surface area (Å²) in [6, 6.07) is 0.746. The van der Waals surface area contributed by atoms with E-state index in [1.54, 1.807) is 6.92 Å². The third-order valence-electron chi connectivity index (χ3n) is 3.22. The number of aliphatic hydroxyl groups is 1. The van der Waals surface area contributed by atoms with E-state index in [0.29, 0.717) is 13.0 Å². The van der Waals surface area contributed by atoms with Gasteiger partial charge in [-0.25, -0.2) is 9.97 Å². The number of anilines is 1. The van der Waals surface area contributed by atoms with Crippen LogP contribution in [-0.2, 0) is 10.9 Å². The van der Waals surface area contributed by atoms with E-state index in [1.165, 1.54) is 0 Å². The molecular formula is C11H13ClF3N3O2. The summed E-state index contributed by atoms with van der Waals surface area (Å²) in [6.07, 6.45) is -4.62. The third-order valence-corrected chi connectivity index (χ3v) is 3.39. The lowest BCUT2D eigenvalue weighted by Gasteiger charge is -2.26. The van der Waals surface area contributed by atoms with E-state index >= 15 is 0 Å². The van der Waals surface area contributed by atoms with Crippen LogP contribution in [0.15, 0.2) is 6.07 Å². The Labute approximate surface area is 118 Å². The van der Waals surface area contributed by atoms with E-state index in [4.69, 9.17) is 16.3 Å². The first-order chi connectivity index (χ1) is 9.21. The summed E-state index contributed by atoms with van der Waals surface area (Å²) in [5, 5.41) is 12.4. The van der Waals surface area contributed by atoms with Crippen molar-refractivity contribution in [2.75, 3.05) is 18.5 Å². The van der Waals surface area contributed by atoms with Crippen LogP contribution in [0, 0.1) is 0 Å². The summed E-state index contributed by atoms with van der Waals surface area (Å²) in [5.41, 5.74) is -2.28. The minimum atomic E-state index is -4.61. The van der Waals surface area contributed by atoms with Gasteiger partial charge in [-0.1, -0.05) is 0 Å². The molecule has 2 heterocycles. The molecule has 2 N–H and O–H groups in total. The van der Waals surface area contributed by atoms with Gasteiger partial charge in [0.05, 0.1) is 6.10 Å². The summed E-state index contributed by atoms with van der Waals surface area (Å²) in [5.74, 6) is -0.0927. The Morgan fingerprint density at radius 1 is 1.55 bits per heavy atom. The van der Waals surface area contributed by atoms with Crippen LogP contribution in [0.3, 0.4) is 0 Å². The summed E-state index contributed by atoms with van der Waals surface area (Å²) in [4.78, 5) is 6.78. The van der Waals surface area contributed by atoms with Crippen LogP contribution >= 0.6 is 11.6 Å². The molecule has 0 amide bonds. The average Bonchev–Trinajstić information content (AvgIpc) is 2.66. The number of halogens is 4. The zero-order chi connectivity index (χ0) is 15.0. The lowest BCUT2D eigenvalue weighted by atomic mass is 9.97. The van der Waals surface area contributed by atoms with Crippen molar-refractivity contribution in [2.45, 2.75) is 31.2 Å². The van der Waals surface area contributed by atoms with E-state index in [9.17, 15) is 18.3 Å². The van der Waals surface area contributed by atoms with Gasteiger partial charge in [-0.3, -0.25) is 0 Å². The molecule has 112 valence electrons. The number of aromatic nitrogens is 2. The number of ether oxygens (including phenoxy) is 1. The van der Waals surface area contributed by atoms with E-state index in [1.807, 2.05) is 0 Å². The number of hydrogen-bond donors (Lipinski definition) is 2. The van der Waals surface area contributed by atoms with Gasteiger partial charge in [-0.05, 0) is 18.5 Å². The quantitative estimate of drug-likeness (QED) is 0.837. The predicted octanol–water partition coefficient (Wildman–Crippen LogP) is 2.10. The molecule has 9 heteroatoms. The van der Waals surface area contributed by atoms with Gasteiger partial charge in [0.1, 0.15) is 11.4 Å². The summed E-state index contributed by atoms with van der Waals surface area (Å²) < 4.78 is 43.0. The maximum atomic E-state index is 12.6. The molecule has 1 saturated heterocycles. The van der Waals surface area contributed by atoms with Crippen LogP contribution in [-0.4, -0.2) is 39.9 Å². The van der Waals surface area contributed by atoms with Crippen LogP contribution in [0.2, 0.25) is 5.28 Å². The maximum absolute atomic E-state index is 12.6. The molecular weight excluding hydrogens is 299 g/mol. The molecule has 1 aromatic heterocycles. The highest BCUT2D eigenvalue weighted by molar-refractivity contribution is 6.28. The monoisotopic (exact) mass is 311 g/mol. The molecule has 2 rings (SSSR count). The van der Waals surface area contributed by atoms with Gasteiger partial charge in [0.2, 0.25) is 5.28 Å². The zero-order valence-electron chi connectivity index (χ0n) is 10.5. The second-order valence-corrected chi connectivity index (χ2v) is 4.96. The van der Waals surface area contributed by atoms with E-state index in [2.05, 4.69) is 15.3 Å². The average molecular weight is 312 g/mol. The molecule has 20 heavy (non-hydrogen) atoms. The Balaban J connectivity index is 2.12. The highest BCUT2D eigenvalue weighted by Crippen LogP contribution is 2.30. The Bertz CT molecular complexity index is 500. The number of rotatable bonds is 3. The largest absolute Gasteiger partial charge is 0.433 e. The smallest absolute Gasteiger partial charge is 0.385 e. The van der Waals surface area contributed by atoms with Gasteiger partial charge < -0.3 is 15.2 Å². The van der Waals surface area contributed by atoms with E-state index in [0.717, 1.165) is 6.07 Å². The highest BCUT2D eigenvalue weighted by atomic mass is 35.5. The molecule has 0 radical (unpaired) electrons. The molecule has 2 unspecified atom stereocenters. The maximum Gasteiger partial charge on any atom is 0.433 e. The molecule has 1 aliphatic rings. The fraction of sp³-hybridized carbons (Fsp3) is 0.636. The molecule has 1 aromatic rings. The summed E-state index contributed by atoms with van der Waals surface area (Å²) in [7, 11) is 0. The standard InChI is InChI=1S/C11H13ClF3N3O2/c1-6-10(19,2-3-20-6)5-16-8-4-7(11(13,14)15)17-9(12)18-8/h4,6,19H,2-3,5H2,1H3,(H,16,17,18). The van der Waals surface area contributed by atoms with E-state index < -0.39 is 28.9 Å². The first kappa shape index (κ1) is 15.3. The van der Waals surface area contributed by atoms with Gasteiger partial charge in [-0.2, -0.15) is 13.2 Å². The van der Waals surface area contributed by atoms with Crippen LogP contribution in [0.1, 0.15) is 19.0 Å². The van der Waals surface area contributed by atoms with E-state index in [-0.39, 0.29) is 12.4 Å². The molecule has 0 aromatic carbocycles. The van der Waals surface area contributed by atoms with Gasteiger partial charge in [0.25, 0.3) is 0 Å². The Morgan fingerprint density at radius 3 is 2.80 bits per heavy atom. The molecule has 1 fully saturated rings. The lowest BCUT2D eigenvalue weighted by molar-refractivity contribution is -0.141. The summed E-state index contributed by atoms with van der Waals surface area (Å²) in [6.45, 7) is 2.11. The Morgan fingerprint density at radius 2 is 2.25 bits per heavy atom. The number of nitrogens with zero attached hydrogens (tertiary/aromatic N) is 2. The van der Waals surface area contributed by atoms with Crippen LogP contribution in [0.4, 0.5) is 19.0 Å². The summed E-state index contributed by atoms with van der Waals surface area (Å²) >= 11 is 5.47. The van der Waals surface area contributed by atoms with Crippen molar-refractivity contribution < 1.29 is 23.0 Å². The second kappa shape index (κ2) is 5.34. The van der Waals surface area contributed by atoms with Crippen molar-refractivity contribution in [3.05, 3.63) is 17.0 Å². The fourth-order valence-corrected chi connectivity index (χ4v) is 2.08. The normalized spacial score (nSPS) is 26.8. The minimum Gasteiger partial charge on any atom is -0.385 e. The molecule has 5 nitrogen and oxygen atoms in total. The molecule has 0 saturated carbocycles. The molecule has 0 aliphatic carbocycles. The molecule has 2 atom stereocenters. The molecule has 1 aliphatic heterocycles. The van der Waals surface area contributed by atoms with Gasteiger partial charge in [0.15, 0.2) is 5.69 Å². The van der Waals surface area contributed by atoms with Crippen molar-refractivity contribution in [1.29, 1.82) is 0 Å². The van der Waals surface area contributed by atoms with Crippen molar-refractivity contribution in [1.82, 2.24) is 9.97 Å². The Hall–Kier alpha value is -1.12. The SMILES string of the molecule is CC1OCCC1(O)CNc1cc(C(F)(F)F)nc(Cl)n1. The van der Waals surface area contributed by atoms with Gasteiger partial charge in [-0.15, -0.1) is 0 Å². The first-order valence-electron chi connectivity index (χ1n) is 5.90. The fourth-order valence-electron chi connectivity index (χ4n) is 1.90. The predicted molar refractivity (Wildman–Crippen MR) is 65.5 cm³/mol. The van der Waals surface area contributed by atoms with Crippen molar-refractivity contribution >= 4 is 17.4 Å². The highest BCUT2D eigenvalue weighted by Gasteiger charge is 2.39. The zero-order valence-corrected chi connectivity index (χ0v) is 11.3. The van der Waals surface area contributed by atoms with Crippen LogP contribution in [0.25, 0.3) is 0 Å². The Kier molecular flexibility index (Phi) is 4.08. The number of alkyl halides is 3.